The van der Waals surface area contributed by atoms with E-state index in [0.29, 0.717) is 13.2 Å². The molecule has 0 aliphatic carbocycles. The summed E-state index contributed by atoms with van der Waals surface area (Å²) in [6.07, 6.45) is 0.937. The number of hydrogen-bond donors (Lipinski definition) is 0. The molecular weight excluding hydrogens is 272 g/mol. The van der Waals surface area contributed by atoms with Crippen molar-refractivity contribution in [1.82, 2.24) is 0 Å². The summed E-state index contributed by atoms with van der Waals surface area (Å²) in [6.45, 7) is 2.89. The molecule has 2 aliphatic heterocycles. The van der Waals surface area contributed by atoms with Crippen LogP contribution in [0.15, 0.2) is 18.2 Å². The average Bonchev–Trinajstić information content (AvgIpc) is 2.49. The van der Waals surface area contributed by atoms with Crippen molar-refractivity contribution in [1.29, 1.82) is 0 Å². The molecule has 2 aliphatic rings. The third-order valence-corrected chi connectivity index (χ3v) is 3.84. The normalized spacial score (nSPS) is 22.1. The lowest BCUT2D eigenvalue weighted by atomic mass is 9.97. The van der Waals surface area contributed by atoms with Crippen molar-refractivity contribution < 1.29 is 14.2 Å². The van der Waals surface area contributed by atoms with Crippen LogP contribution in [0, 0.1) is 0 Å². The Morgan fingerprint density at radius 2 is 1.81 bits per heavy atom. The molecule has 0 saturated carbocycles. The lowest BCUT2D eigenvalue weighted by molar-refractivity contribution is -0.00707. The van der Waals surface area contributed by atoms with Crippen molar-refractivity contribution in [2.75, 3.05) is 26.4 Å². The van der Waals surface area contributed by atoms with Gasteiger partial charge in [-0.1, -0.05) is 22.0 Å². The zero-order valence-electron chi connectivity index (χ0n) is 8.87. The molecule has 0 spiro atoms. The van der Waals surface area contributed by atoms with E-state index in [2.05, 4.69) is 28.1 Å². The van der Waals surface area contributed by atoms with E-state index in [0.717, 1.165) is 31.1 Å². The molecule has 0 radical (unpaired) electrons. The smallest absolute Gasteiger partial charge is 0.161 e. The Balaban J connectivity index is 1.94. The highest BCUT2D eigenvalue weighted by molar-refractivity contribution is 9.09. The maximum Gasteiger partial charge on any atom is 0.161 e. The van der Waals surface area contributed by atoms with Crippen molar-refractivity contribution in [2.45, 2.75) is 10.7 Å². The second-order valence-electron chi connectivity index (χ2n) is 4.17. The van der Waals surface area contributed by atoms with Gasteiger partial charge < -0.3 is 14.2 Å². The SMILES string of the molecule is BrC1(c2ccc3c(c2)OCCCO3)COC1. The summed E-state index contributed by atoms with van der Waals surface area (Å²) < 4.78 is 16.5. The molecule has 1 saturated heterocycles. The van der Waals surface area contributed by atoms with Crippen LogP contribution in [-0.2, 0) is 9.06 Å². The molecule has 86 valence electrons. The van der Waals surface area contributed by atoms with Crippen LogP contribution in [-0.4, -0.2) is 26.4 Å². The lowest BCUT2D eigenvalue weighted by Gasteiger charge is -2.36. The zero-order valence-corrected chi connectivity index (χ0v) is 10.5. The fraction of sp³-hybridized carbons (Fsp3) is 0.500. The van der Waals surface area contributed by atoms with E-state index in [1.807, 2.05) is 6.07 Å². The number of alkyl halides is 1. The Morgan fingerprint density at radius 1 is 1.06 bits per heavy atom. The first-order valence-electron chi connectivity index (χ1n) is 5.45. The molecule has 16 heavy (non-hydrogen) atoms. The molecule has 0 amide bonds. The second kappa shape index (κ2) is 3.93. The molecule has 0 aromatic heterocycles. The van der Waals surface area contributed by atoms with Crippen LogP contribution >= 0.6 is 15.9 Å². The number of fused-ring (bicyclic) bond motifs is 1. The largest absolute Gasteiger partial charge is 0.490 e. The minimum Gasteiger partial charge on any atom is -0.490 e. The Hall–Kier alpha value is -0.740. The number of ether oxygens (including phenoxy) is 3. The van der Waals surface area contributed by atoms with Gasteiger partial charge in [-0.25, -0.2) is 0 Å². The van der Waals surface area contributed by atoms with Crippen molar-refractivity contribution in [2.24, 2.45) is 0 Å². The third kappa shape index (κ3) is 1.70. The Bertz CT molecular complexity index is 401. The molecule has 3 nitrogen and oxygen atoms in total. The van der Waals surface area contributed by atoms with Gasteiger partial charge in [0.05, 0.1) is 30.8 Å². The number of halogens is 1. The van der Waals surface area contributed by atoms with Crippen LogP contribution in [0.5, 0.6) is 11.5 Å². The second-order valence-corrected chi connectivity index (χ2v) is 5.69. The van der Waals surface area contributed by atoms with Crippen molar-refractivity contribution in [3.05, 3.63) is 23.8 Å². The summed E-state index contributed by atoms with van der Waals surface area (Å²) in [6, 6.07) is 6.11. The maximum absolute atomic E-state index is 5.67. The van der Waals surface area contributed by atoms with E-state index < -0.39 is 0 Å². The molecule has 0 N–H and O–H groups in total. The van der Waals surface area contributed by atoms with Gasteiger partial charge in [0.15, 0.2) is 11.5 Å². The highest BCUT2D eigenvalue weighted by Gasteiger charge is 2.38. The monoisotopic (exact) mass is 284 g/mol. The first-order chi connectivity index (χ1) is 7.78. The first kappa shape index (κ1) is 10.4. The van der Waals surface area contributed by atoms with Gasteiger partial charge in [0, 0.05) is 6.42 Å². The van der Waals surface area contributed by atoms with Gasteiger partial charge in [-0.15, -0.1) is 0 Å². The topological polar surface area (TPSA) is 27.7 Å². The Kier molecular flexibility index (Phi) is 2.56. The van der Waals surface area contributed by atoms with Gasteiger partial charge in [-0.05, 0) is 17.7 Å². The average molecular weight is 285 g/mol. The van der Waals surface area contributed by atoms with E-state index >= 15 is 0 Å². The van der Waals surface area contributed by atoms with Crippen LogP contribution in [0.1, 0.15) is 12.0 Å². The van der Waals surface area contributed by atoms with E-state index in [1.165, 1.54) is 5.56 Å². The fourth-order valence-electron chi connectivity index (χ4n) is 1.89. The predicted octanol–water partition coefficient (Wildman–Crippen LogP) is 2.47. The first-order valence-corrected chi connectivity index (χ1v) is 6.24. The summed E-state index contributed by atoms with van der Waals surface area (Å²) in [7, 11) is 0. The minimum atomic E-state index is -0.0301. The summed E-state index contributed by atoms with van der Waals surface area (Å²) >= 11 is 3.70. The Labute approximate surface area is 103 Å². The van der Waals surface area contributed by atoms with E-state index in [9.17, 15) is 0 Å². The van der Waals surface area contributed by atoms with Gasteiger partial charge in [0.2, 0.25) is 0 Å². The van der Waals surface area contributed by atoms with E-state index in [1.54, 1.807) is 0 Å². The van der Waals surface area contributed by atoms with Gasteiger partial charge in [0.25, 0.3) is 0 Å². The van der Waals surface area contributed by atoms with Gasteiger partial charge in [-0.3, -0.25) is 0 Å². The van der Waals surface area contributed by atoms with Gasteiger partial charge >= 0.3 is 0 Å². The van der Waals surface area contributed by atoms with E-state index in [-0.39, 0.29) is 4.32 Å². The molecule has 0 atom stereocenters. The third-order valence-electron chi connectivity index (χ3n) is 2.93. The van der Waals surface area contributed by atoms with E-state index in [4.69, 9.17) is 14.2 Å². The van der Waals surface area contributed by atoms with Crippen LogP contribution in [0.4, 0.5) is 0 Å². The number of rotatable bonds is 1. The molecule has 1 aromatic carbocycles. The highest BCUT2D eigenvalue weighted by Crippen LogP contribution is 2.42. The van der Waals surface area contributed by atoms with Crippen LogP contribution in [0.25, 0.3) is 0 Å². The van der Waals surface area contributed by atoms with Crippen molar-refractivity contribution in [3.63, 3.8) is 0 Å². The Morgan fingerprint density at radius 3 is 2.50 bits per heavy atom. The number of hydrogen-bond acceptors (Lipinski definition) is 3. The predicted molar refractivity (Wildman–Crippen MR) is 63.5 cm³/mol. The molecular formula is C12H13BrO3. The molecule has 0 unspecified atom stereocenters. The number of benzene rings is 1. The van der Waals surface area contributed by atoms with Crippen LogP contribution < -0.4 is 9.47 Å². The van der Waals surface area contributed by atoms with Crippen LogP contribution in [0.2, 0.25) is 0 Å². The lowest BCUT2D eigenvalue weighted by Crippen LogP contribution is -2.40. The van der Waals surface area contributed by atoms with Crippen LogP contribution in [0.3, 0.4) is 0 Å². The summed E-state index contributed by atoms with van der Waals surface area (Å²) in [5, 5.41) is 0. The standard InChI is InChI=1S/C12H13BrO3/c13-12(7-14-8-12)9-2-3-10-11(6-9)16-5-1-4-15-10/h2-3,6H,1,4-5,7-8H2. The van der Waals surface area contributed by atoms with Gasteiger partial charge in [0.1, 0.15) is 0 Å². The van der Waals surface area contributed by atoms with Crippen molar-refractivity contribution in [3.8, 4) is 11.5 Å². The van der Waals surface area contributed by atoms with Gasteiger partial charge in [-0.2, -0.15) is 0 Å². The zero-order chi connectivity index (χ0) is 11.0. The molecule has 2 heterocycles. The maximum atomic E-state index is 5.67. The minimum absolute atomic E-state index is 0.0301. The molecule has 4 heteroatoms. The molecule has 0 bridgehead atoms. The fourth-order valence-corrected chi connectivity index (χ4v) is 2.46. The molecule has 3 rings (SSSR count). The summed E-state index contributed by atoms with van der Waals surface area (Å²) in [5.41, 5.74) is 1.20. The molecule has 1 fully saturated rings. The van der Waals surface area contributed by atoms with Crippen molar-refractivity contribution >= 4 is 15.9 Å². The summed E-state index contributed by atoms with van der Waals surface area (Å²) in [4.78, 5) is 0. The molecule has 1 aromatic rings. The summed E-state index contributed by atoms with van der Waals surface area (Å²) in [5.74, 6) is 1.69. The highest BCUT2D eigenvalue weighted by atomic mass is 79.9. The quantitative estimate of drug-likeness (QED) is 0.742.